The molecule has 2 amide bonds. The van der Waals surface area contributed by atoms with Gasteiger partial charge in [-0.2, -0.15) is 0 Å². The summed E-state index contributed by atoms with van der Waals surface area (Å²) in [4.78, 5) is 30.9. The first kappa shape index (κ1) is 23.5. The number of amides is 2. The fourth-order valence-corrected chi connectivity index (χ4v) is 5.70. The lowest BCUT2D eigenvalue weighted by atomic mass is 9.84. The van der Waals surface area contributed by atoms with E-state index >= 15 is 0 Å². The van der Waals surface area contributed by atoms with E-state index < -0.39 is 0 Å². The molecular weight excluding hydrogens is 376 g/mol. The van der Waals surface area contributed by atoms with Crippen LogP contribution in [0.1, 0.15) is 78.1 Å². The van der Waals surface area contributed by atoms with Gasteiger partial charge in [0, 0.05) is 26.2 Å². The number of piperidine rings is 1. The van der Waals surface area contributed by atoms with E-state index in [0.717, 1.165) is 58.3 Å². The van der Waals surface area contributed by atoms with Gasteiger partial charge in [0.2, 0.25) is 11.8 Å². The lowest BCUT2D eigenvalue weighted by molar-refractivity contribution is -0.150. The molecule has 0 unspecified atom stereocenters. The van der Waals surface area contributed by atoms with Crippen molar-refractivity contribution in [1.29, 1.82) is 0 Å². The van der Waals surface area contributed by atoms with Gasteiger partial charge >= 0.3 is 0 Å². The molecule has 2 atom stereocenters. The molecule has 0 radical (unpaired) electrons. The van der Waals surface area contributed by atoms with E-state index in [1.54, 1.807) is 0 Å². The van der Waals surface area contributed by atoms with Gasteiger partial charge in [0.1, 0.15) is 6.04 Å². The maximum atomic E-state index is 13.5. The van der Waals surface area contributed by atoms with Gasteiger partial charge in [-0.1, -0.05) is 46.0 Å². The molecule has 3 N–H and O–H groups in total. The smallest absolute Gasteiger partial charge is 0.245 e. The number of rotatable bonds is 8. The van der Waals surface area contributed by atoms with E-state index in [2.05, 4.69) is 19.2 Å². The van der Waals surface area contributed by atoms with Crippen molar-refractivity contribution in [3.05, 3.63) is 0 Å². The standard InChI is InChI=1S/C24H44N4O2/c1-18(2)16-22(24(30)27-13-9-19(8-11-25)10-14-27)28-15-12-26-21(23(28)29)17-20-6-4-3-5-7-20/h18-22,26H,3-17,25H2,1-2H3/t21-,22-/m0/s1. The van der Waals surface area contributed by atoms with Crippen LogP contribution in [0, 0.1) is 17.8 Å². The van der Waals surface area contributed by atoms with Gasteiger partial charge in [0.25, 0.3) is 0 Å². The molecule has 1 aliphatic carbocycles. The van der Waals surface area contributed by atoms with E-state index in [1.807, 2.05) is 9.80 Å². The summed E-state index contributed by atoms with van der Waals surface area (Å²) < 4.78 is 0. The monoisotopic (exact) mass is 420 g/mol. The molecule has 0 aromatic rings. The first-order chi connectivity index (χ1) is 14.5. The van der Waals surface area contributed by atoms with Crippen LogP contribution in [-0.2, 0) is 9.59 Å². The van der Waals surface area contributed by atoms with E-state index in [4.69, 9.17) is 5.73 Å². The van der Waals surface area contributed by atoms with Gasteiger partial charge in [-0.15, -0.1) is 0 Å². The zero-order valence-electron chi connectivity index (χ0n) is 19.3. The van der Waals surface area contributed by atoms with Crippen LogP contribution in [0.3, 0.4) is 0 Å². The highest BCUT2D eigenvalue weighted by Gasteiger charge is 2.39. The van der Waals surface area contributed by atoms with E-state index in [9.17, 15) is 9.59 Å². The lowest BCUT2D eigenvalue weighted by Crippen LogP contribution is -2.62. The summed E-state index contributed by atoms with van der Waals surface area (Å²) in [6.45, 7) is 8.09. The molecule has 30 heavy (non-hydrogen) atoms. The van der Waals surface area contributed by atoms with Gasteiger partial charge in [-0.3, -0.25) is 9.59 Å². The van der Waals surface area contributed by atoms with Crippen LogP contribution in [0.5, 0.6) is 0 Å². The first-order valence-corrected chi connectivity index (χ1v) is 12.5. The molecule has 172 valence electrons. The summed E-state index contributed by atoms with van der Waals surface area (Å²) in [5.74, 6) is 2.00. The highest BCUT2D eigenvalue weighted by molar-refractivity contribution is 5.90. The van der Waals surface area contributed by atoms with Crippen LogP contribution in [0.4, 0.5) is 0 Å². The van der Waals surface area contributed by atoms with Crippen LogP contribution in [0.15, 0.2) is 0 Å². The fourth-order valence-electron chi connectivity index (χ4n) is 5.70. The molecule has 3 rings (SSSR count). The molecule has 1 saturated carbocycles. The topological polar surface area (TPSA) is 78.7 Å². The quantitative estimate of drug-likeness (QED) is 0.633. The number of likely N-dealkylation sites (tertiary alicyclic amines) is 1. The Morgan fingerprint density at radius 3 is 2.40 bits per heavy atom. The number of nitrogens with two attached hydrogens (primary N) is 1. The van der Waals surface area contributed by atoms with Crippen LogP contribution >= 0.6 is 0 Å². The highest BCUT2D eigenvalue weighted by atomic mass is 16.2. The molecule has 0 bridgehead atoms. The van der Waals surface area contributed by atoms with Gasteiger partial charge in [0.05, 0.1) is 6.04 Å². The summed E-state index contributed by atoms with van der Waals surface area (Å²) in [5, 5.41) is 3.46. The summed E-state index contributed by atoms with van der Waals surface area (Å²) in [6, 6.07) is -0.417. The summed E-state index contributed by atoms with van der Waals surface area (Å²) in [6.07, 6.45) is 11.2. The SMILES string of the molecule is CC(C)C[C@@H](C(=O)N1CCC(CCN)CC1)N1CCN[C@@H](CC2CCCCC2)C1=O. The minimum absolute atomic E-state index is 0.111. The van der Waals surface area contributed by atoms with Crippen molar-refractivity contribution in [3.63, 3.8) is 0 Å². The second-order valence-electron chi connectivity index (χ2n) is 10.3. The molecule has 3 fully saturated rings. The van der Waals surface area contributed by atoms with Crippen LogP contribution in [0.25, 0.3) is 0 Å². The molecule has 6 nitrogen and oxygen atoms in total. The Labute approximate surface area is 183 Å². The Hall–Kier alpha value is -1.14. The third-order valence-corrected chi connectivity index (χ3v) is 7.48. The molecule has 2 aliphatic heterocycles. The Morgan fingerprint density at radius 2 is 1.77 bits per heavy atom. The van der Waals surface area contributed by atoms with Crippen molar-refractivity contribution in [2.75, 3.05) is 32.7 Å². The predicted molar refractivity (Wildman–Crippen MR) is 121 cm³/mol. The number of nitrogens with zero attached hydrogens (tertiary/aromatic N) is 2. The average Bonchev–Trinajstić information content (AvgIpc) is 2.75. The van der Waals surface area contributed by atoms with Crippen molar-refractivity contribution in [2.24, 2.45) is 23.5 Å². The Kier molecular flexibility index (Phi) is 8.99. The normalized spacial score (nSPS) is 25.7. The minimum Gasteiger partial charge on any atom is -0.341 e. The van der Waals surface area contributed by atoms with Gasteiger partial charge in [0.15, 0.2) is 0 Å². The fraction of sp³-hybridized carbons (Fsp3) is 0.917. The van der Waals surface area contributed by atoms with Crippen molar-refractivity contribution < 1.29 is 9.59 Å². The van der Waals surface area contributed by atoms with Crippen molar-refractivity contribution in [2.45, 2.75) is 90.1 Å². The summed E-state index contributed by atoms with van der Waals surface area (Å²) >= 11 is 0. The second-order valence-corrected chi connectivity index (χ2v) is 10.3. The van der Waals surface area contributed by atoms with Crippen molar-refractivity contribution >= 4 is 11.8 Å². The molecule has 2 heterocycles. The largest absolute Gasteiger partial charge is 0.341 e. The van der Waals surface area contributed by atoms with Crippen LogP contribution < -0.4 is 11.1 Å². The van der Waals surface area contributed by atoms with Crippen LogP contribution in [0.2, 0.25) is 0 Å². The van der Waals surface area contributed by atoms with Gasteiger partial charge < -0.3 is 20.9 Å². The van der Waals surface area contributed by atoms with E-state index in [-0.39, 0.29) is 23.9 Å². The van der Waals surface area contributed by atoms with Gasteiger partial charge in [-0.05, 0) is 56.4 Å². The molecule has 0 aromatic heterocycles. The summed E-state index contributed by atoms with van der Waals surface area (Å²) in [5.41, 5.74) is 5.72. The van der Waals surface area contributed by atoms with E-state index in [1.165, 1.54) is 32.1 Å². The Bertz CT molecular complexity index is 553. The number of carbonyl (C=O) groups excluding carboxylic acids is 2. The third-order valence-electron chi connectivity index (χ3n) is 7.48. The molecule has 0 spiro atoms. The average molecular weight is 421 g/mol. The Morgan fingerprint density at radius 1 is 1.07 bits per heavy atom. The van der Waals surface area contributed by atoms with Gasteiger partial charge in [-0.25, -0.2) is 0 Å². The summed E-state index contributed by atoms with van der Waals surface area (Å²) in [7, 11) is 0. The molecule has 2 saturated heterocycles. The highest BCUT2D eigenvalue weighted by Crippen LogP contribution is 2.29. The number of nitrogens with one attached hydrogen (secondary N) is 1. The predicted octanol–water partition coefficient (Wildman–Crippen LogP) is 2.76. The first-order valence-electron chi connectivity index (χ1n) is 12.5. The zero-order chi connectivity index (χ0) is 21.5. The lowest BCUT2D eigenvalue weighted by Gasteiger charge is -2.42. The van der Waals surface area contributed by atoms with Crippen LogP contribution in [-0.4, -0.2) is 66.4 Å². The van der Waals surface area contributed by atoms with Crippen molar-refractivity contribution in [1.82, 2.24) is 15.1 Å². The van der Waals surface area contributed by atoms with E-state index in [0.29, 0.717) is 24.3 Å². The molecule has 3 aliphatic rings. The number of carbonyl (C=O) groups is 2. The number of piperazine rings is 1. The maximum Gasteiger partial charge on any atom is 0.245 e. The molecule has 6 heteroatoms. The van der Waals surface area contributed by atoms with Crippen molar-refractivity contribution in [3.8, 4) is 0 Å². The number of hydrogen-bond acceptors (Lipinski definition) is 4. The molecule has 0 aromatic carbocycles. The maximum absolute atomic E-state index is 13.5. The molecular formula is C24H44N4O2. The second kappa shape index (κ2) is 11.5. The minimum atomic E-state index is -0.306. The third kappa shape index (κ3) is 6.19. The zero-order valence-corrected chi connectivity index (χ0v) is 19.3. The number of hydrogen-bond donors (Lipinski definition) is 2. The Balaban J connectivity index is 1.64.